The SMILES string of the molecule is Cc1cc(C(=O)NCc2ccc(C(N)=NO)cc2)n(C)n1. The minimum Gasteiger partial charge on any atom is -0.409 e. The van der Waals surface area contributed by atoms with Crippen molar-refractivity contribution < 1.29 is 10.0 Å². The molecule has 0 unspecified atom stereocenters. The molecule has 0 bridgehead atoms. The molecule has 110 valence electrons. The number of rotatable bonds is 4. The molecule has 2 aromatic rings. The van der Waals surface area contributed by atoms with Gasteiger partial charge in [0.1, 0.15) is 5.69 Å². The van der Waals surface area contributed by atoms with Gasteiger partial charge in [-0.3, -0.25) is 9.48 Å². The first-order valence-electron chi connectivity index (χ1n) is 6.37. The van der Waals surface area contributed by atoms with Gasteiger partial charge in [0.25, 0.3) is 5.91 Å². The number of amidine groups is 1. The lowest BCUT2D eigenvalue weighted by atomic mass is 10.1. The van der Waals surface area contributed by atoms with Crippen LogP contribution in [0.4, 0.5) is 0 Å². The second-order valence-corrected chi connectivity index (χ2v) is 4.66. The van der Waals surface area contributed by atoms with Crippen LogP contribution in [0.3, 0.4) is 0 Å². The molecule has 0 saturated heterocycles. The van der Waals surface area contributed by atoms with Gasteiger partial charge in [-0.1, -0.05) is 29.4 Å². The van der Waals surface area contributed by atoms with Crippen LogP contribution in [0.1, 0.15) is 27.3 Å². The van der Waals surface area contributed by atoms with Crippen LogP contribution in [0.15, 0.2) is 35.5 Å². The number of benzene rings is 1. The molecular weight excluding hydrogens is 270 g/mol. The third-order valence-corrected chi connectivity index (χ3v) is 3.05. The van der Waals surface area contributed by atoms with Gasteiger partial charge in [0.2, 0.25) is 0 Å². The maximum absolute atomic E-state index is 12.0. The van der Waals surface area contributed by atoms with Gasteiger partial charge in [0, 0.05) is 19.2 Å². The average Bonchev–Trinajstić information content (AvgIpc) is 2.83. The number of amides is 1. The Kier molecular flexibility index (Phi) is 4.22. The summed E-state index contributed by atoms with van der Waals surface area (Å²) in [4.78, 5) is 12.0. The van der Waals surface area contributed by atoms with Gasteiger partial charge >= 0.3 is 0 Å². The number of oxime groups is 1. The number of nitrogens with two attached hydrogens (primary N) is 1. The van der Waals surface area contributed by atoms with E-state index in [1.165, 1.54) is 0 Å². The van der Waals surface area contributed by atoms with Crippen LogP contribution in [0.25, 0.3) is 0 Å². The fourth-order valence-corrected chi connectivity index (χ4v) is 1.95. The first kappa shape index (κ1) is 14.6. The summed E-state index contributed by atoms with van der Waals surface area (Å²) in [5.74, 6) is -0.130. The van der Waals surface area contributed by atoms with Gasteiger partial charge in [-0.05, 0) is 18.6 Å². The minimum absolute atomic E-state index is 0.0518. The Bertz CT molecular complexity index is 673. The summed E-state index contributed by atoms with van der Waals surface area (Å²) in [6.07, 6.45) is 0. The quantitative estimate of drug-likeness (QED) is 0.334. The normalized spacial score (nSPS) is 11.4. The van der Waals surface area contributed by atoms with Crippen molar-refractivity contribution in [3.05, 3.63) is 52.8 Å². The summed E-state index contributed by atoms with van der Waals surface area (Å²) in [7, 11) is 1.73. The number of carbonyl (C=O) groups is 1. The zero-order valence-electron chi connectivity index (χ0n) is 11.9. The Labute approximate surface area is 122 Å². The van der Waals surface area contributed by atoms with E-state index in [0.29, 0.717) is 17.8 Å². The zero-order chi connectivity index (χ0) is 15.4. The molecule has 0 radical (unpaired) electrons. The summed E-state index contributed by atoms with van der Waals surface area (Å²) in [5, 5.41) is 18.5. The number of hydrogen-bond acceptors (Lipinski definition) is 4. The van der Waals surface area contributed by atoms with E-state index in [4.69, 9.17) is 10.9 Å². The van der Waals surface area contributed by atoms with Crippen LogP contribution in [0.2, 0.25) is 0 Å². The summed E-state index contributed by atoms with van der Waals surface area (Å²) >= 11 is 0. The van der Waals surface area contributed by atoms with Crippen molar-refractivity contribution >= 4 is 11.7 Å². The summed E-state index contributed by atoms with van der Waals surface area (Å²) in [6, 6.07) is 8.80. The summed E-state index contributed by atoms with van der Waals surface area (Å²) in [6.45, 7) is 2.22. The van der Waals surface area contributed by atoms with E-state index in [-0.39, 0.29) is 11.7 Å². The second-order valence-electron chi connectivity index (χ2n) is 4.66. The highest BCUT2D eigenvalue weighted by atomic mass is 16.4. The number of nitrogens with one attached hydrogen (secondary N) is 1. The average molecular weight is 287 g/mol. The molecule has 4 N–H and O–H groups in total. The predicted molar refractivity (Wildman–Crippen MR) is 78.1 cm³/mol. The highest BCUT2D eigenvalue weighted by Crippen LogP contribution is 2.06. The lowest BCUT2D eigenvalue weighted by molar-refractivity contribution is 0.0941. The monoisotopic (exact) mass is 287 g/mol. The third kappa shape index (κ3) is 3.38. The van der Waals surface area contributed by atoms with Crippen LogP contribution in [-0.4, -0.2) is 26.7 Å². The fourth-order valence-electron chi connectivity index (χ4n) is 1.95. The standard InChI is InChI=1S/C14H17N5O2/c1-9-7-12(19(2)17-9)14(20)16-8-10-3-5-11(6-4-10)13(15)18-21/h3-7,21H,8H2,1-2H3,(H2,15,18)(H,16,20). The van der Waals surface area contributed by atoms with E-state index < -0.39 is 0 Å². The minimum atomic E-state index is -0.182. The van der Waals surface area contributed by atoms with Gasteiger partial charge in [0.15, 0.2) is 5.84 Å². The van der Waals surface area contributed by atoms with E-state index in [1.807, 2.05) is 19.1 Å². The van der Waals surface area contributed by atoms with Gasteiger partial charge in [-0.2, -0.15) is 5.10 Å². The molecule has 7 heteroatoms. The fraction of sp³-hybridized carbons (Fsp3) is 0.214. The van der Waals surface area contributed by atoms with E-state index in [2.05, 4.69) is 15.6 Å². The Balaban J connectivity index is 2.00. The van der Waals surface area contributed by atoms with E-state index >= 15 is 0 Å². The van der Waals surface area contributed by atoms with Crippen LogP contribution < -0.4 is 11.1 Å². The molecule has 1 heterocycles. The molecule has 0 atom stereocenters. The Morgan fingerprint density at radius 3 is 2.62 bits per heavy atom. The number of aromatic nitrogens is 2. The van der Waals surface area contributed by atoms with Crippen LogP contribution in [0, 0.1) is 6.92 Å². The molecule has 7 nitrogen and oxygen atoms in total. The molecule has 0 saturated carbocycles. The van der Waals surface area contributed by atoms with Gasteiger partial charge in [0.05, 0.1) is 5.69 Å². The van der Waals surface area contributed by atoms with E-state index in [1.54, 1.807) is 29.9 Å². The largest absolute Gasteiger partial charge is 0.409 e. The van der Waals surface area contributed by atoms with Crippen molar-refractivity contribution in [3.8, 4) is 0 Å². The molecule has 0 aliphatic heterocycles. The number of hydrogen-bond donors (Lipinski definition) is 3. The van der Waals surface area contributed by atoms with Gasteiger partial charge in [-0.15, -0.1) is 0 Å². The second kappa shape index (κ2) is 6.08. The Morgan fingerprint density at radius 1 is 1.43 bits per heavy atom. The van der Waals surface area contributed by atoms with Crippen LogP contribution in [0.5, 0.6) is 0 Å². The van der Waals surface area contributed by atoms with Crippen molar-refractivity contribution in [1.82, 2.24) is 15.1 Å². The maximum atomic E-state index is 12.0. The molecule has 0 aliphatic carbocycles. The number of aryl methyl sites for hydroxylation is 2. The van der Waals surface area contributed by atoms with Crippen molar-refractivity contribution in [1.29, 1.82) is 0 Å². The smallest absolute Gasteiger partial charge is 0.269 e. The zero-order valence-corrected chi connectivity index (χ0v) is 11.9. The lowest BCUT2D eigenvalue weighted by Gasteiger charge is -2.06. The summed E-state index contributed by atoms with van der Waals surface area (Å²) < 4.78 is 1.55. The van der Waals surface area contributed by atoms with Crippen LogP contribution >= 0.6 is 0 Å². The summed E-state index contributed by atoms with van der Waals surface area (Å²) in [5.41, 5.74) is 8.33. The topological polar surface area (TPSA) is 106 Å². The highest BCUT2D eigenvalue weighted by Gasteiger charge is 2.11. The number of carbonyl (C=O) groups excluding carboxylic acids is 1. The molecular formula is C14H17N5O2. The number of nitrogens with zero attached hydrogens (tertiary/aromatic N) is 3. The Hall–Kier alpha value is -2.83. The van der Waals surface area contributed by atoms with Gasteiger partial charge < -0.3 is 16.3 Å². The molecule has 0 fully saturated rings. The molecule has 1 amide bonds. The lowest BCUT2D eigenvalue weighted by Crippen LogP contribution is -2.25. The van der Waals surface area contributed by atoms with Crippen molar-refractivity contribution in [2.24, 2.45) is 17.9 Å². The maximum Gasteiger partial charge on any atom is 0.269 e. The predicted octanol–water partition coefficient (Wildman–Crippen LogP) is 0.753. The molecule has 2 rings (SSSR count). The third-order valence-electron chi connectivity index (χ3n) is 3.05. The van der Waals surface area contributed by atoms with Gasteiger partial charge in [-0.25, -0.2) is 0 Å². The van der Waals surface area contributed by atoms with Crippen molar-refractivity contribution in [2.75, 3.05) is 0 Å². The first-order valence-corrected chi connectivity index (χ1v) is 6.37. The first-order chi connectivity index (χ1) is 10.0. The molecule has 1 aromatic carbocycles. The molecule has 0 aliphatic rings. The van der Waals surface area contributed by atoms with E-state index in [9.17, 15) is 4.79 Å². The highest BCUT2D eigenvalue weighted by molar-refractivity contribution is 5.97. The van der Waals surface area contributed by atoms with E-state index in [0.717, 1.165) is 11.3 Å². The molecule has 1 aromatic heterocycles. The molecule has 0 spiro atoms. The molecule has 21 heavy (non-hydrogen) atoms. The van der Waals surface area contributed by atoms with Crippen LogP contribution in [-0.2, 0) is 13.6 Å². The van der Waals surface area contributed by atoms with Crippen molar-refractivity contribution in [2.45, 2.75) is 13.5 Å². The Morgan fingerprint density at radius 2 is 2.10 bits per heavy atom. The van der Waals surface area contributed by atoms with Crippen molar-refractivity contribution in [3.63, 3.8) is 0 Å².